The Kier molecular flexibility index (Phi) is 6.07. The topological polar surface area (TPSA) is 64.6 Å². The van der Waals surface area contributed by atoms with Crippen molar-refractivity contribution in [1.29, 1.82) is 0 Å². The minimum atomic E-state index is 0.143. The number of anilines is 2. The zero-order valence-electron chi connectivity index (χ0n) is 16.3. The van der Waals surface area contributed by atoms with Gasteiger partial charge in [0.05, 0.1) is 18.1 Å². The van der Waals surface area contributed by atoms with E-state index in [9.17, 15) is 4.79 Å². The fourth-order valence-electron chi connectivity index (χ4n) is 4.45. The molecule has 3 aliphatic rings. The van der Waals surface area contributed by atoms with Crippen molar-refractivity contribution in [3.05, 3.63) is 12.4 Å². The molecule has 0 spiro atoms. The maximum atomic E-state index is 12.4. The smallest absolute Gasteiger partial charge is 0.225 e. The Hall–Kier alpha value is -1.89. The highest BCUT2D eigenvalue weighted by atomic mass is 16.1. The van der Waals surface area contributed by atoms with Gasteiger partial charge in [-0.3, -0.25) is 4.79 Å². The molecule has 0 aliphatic carbocycles. The molecule has 148 valence electrons. The minimum absolute atomic E-state index is 0.143. The number of hydrogen-bond acceptors (Lipinski definition) is 6. The summed E-state index contributed by atoms with van der Waals surface area (Å²) in [6.07, 6.45) is 10.8. The number of nitrogens with one attached hydrogen (secondary N) is 1. The number of nitrogens with zero attached hydrogens (tertiary/aromatic N) is 5. The monoisotopic (exact) mass is 372 g/mol. The molecule has 0 atom stereocenters. The molecule has 0 saturated carbocycles. The fourth-order valence-corrected chi connectivity index (χ4v) is 4.45. The number of rotatable bonds is 6. The van der Waals surface area contributed by atoms with Crippen molar-refractivity contribution in [2.45, 2.75) is 38.5 Å². The van der Waals surface area contributed by atoms with E-state index in [0.717, 1.165) is 63.7 Å². The third kappa shape index (κ3) is 4.69. The van der Waals surface area contributed by atoms with Crippen LogP contribution in [0.15, 0.2) is 12.4 Å². The molecule has 1 aromatic rings. The minimum Gasteiger partial charge on any atom is -0.369 e. The average Bonchev–Trinajstić information content (AvgIpc) is 3.42. The van der Waals surface area contributed by atoms with Crippen LogP contribution in [-0.4, -0.2) is 73.1 Å². The lowest BCUT2D eigenvalue weighted by atomic mass is 9.95. The Morgan fingerprint density at radius 3 is 2.22 bits per heavy atom. The summed E-state index contributed by atoms with van der Waals surface area (Å²) >= 11 is 0. The molecule has 0 aromatic carbocycles. The molecule has 0 unspecified atom stereocenters. The summed E-state index contributed by atoms with van der Waals surface area (Å²) in [5.74, 6) is 1.22. The number of carbonyl (C=O) groups excluding carboxylic acids is 1. The van der Waals surface area contributed by atoms with Gasteiger partial charge in [-0.1, -0.05) is 0 Å². The van der Waals surface area contributed by atoms with Gasteiger partial charge in [0.2, 0.25) is 11.9 Å². The fraction of sp³-hybridized carbons (Fsp3) is 0.750. The second kappa shape index (κ2) is 8.87. The van der Waals surface area contributed by atoms with E-state index >= 15 is 0 Å². The van der Waals surface area contributed by atoms with Gasteiger partial charge in [-0.15, -0.1) is 0 Å². The maximum absolute atomic E-state index is 12.4. The Morgan fingerprint density at radius 1 is 0.926 bits per heavy atom. The third-order valence-electron chi connectivity index (χ3n) is 6.17. The van der Waals surface area contributed by atoms with E-state index < -0.39 is 0 Å². The molecule has 7 heteroatoms. The molecule has 1 N–H and O–H groups in total. The number of carbonyl (C=O) groups is 1. The molecule has 27 heavy (non-hydrogen) atoms. The van der Waals surface area contributed by atoms with Gasteiger partial charge in [-0.05, 0) is 51.6 Å². The Morgan fingerprint density at radius 2 is 1.56 bits per heavy atom. The molecular weight excluding hydrogens is 340 g/mol. The molecule has 0 bridgehead atoms. The van der Waals surface area contributed by atoms with E-state index in [2.05, 4.69) is 30.0 Å². The SMILES string of the molecule is O=C(NCCN1CCCC1)C1CCN(c2cnc(N3CCCC3)nc2)CC1. The first-order valence-electron chi connectivity index (χ1n) is 10.6. The van der Waals surface area contributed by atoms with Gasteiger partial charge in [0.25, 0.3) is 0 Å². The first-order chi connectivity index (χ1) is 13.3. The summed E-state index contributed by atoms with van der Waals surface area (Å²) in [4.78, 5) is 28.5. The second-order valence-corrected chi connectivity index (χ2v) is 8.04. The van der Waals surface area contributed by atoms with Crippen molar-refractivity contribution >= 4 is 17.5 Å². The molecule has 4 heterocycles. The van der Waals surface area contributed by atoms with Crippen LogP contribution in [0.3, 0.4) is 0 Å². The summed E-state index contributed by atoms with van der Waals surface area (Å²) in [5, 5.41) is 3.14. The van der Waals surface area contributed by atoms with Crippen molar-refractivity contribution < 1.29 is 4.79 Å². The third-order valence-corrected chi connectivity index (χ3v) is 6.17. The zero-order chi connectivity index (χ0) is 18.5. The summed E-state index contributed by atoms with van der Waals surface area (Å²) in [6, 6.07) is 0. The van der Waals surface area contributed by atoms with Gasteiger partial charge >= 0.3 is 0 Å². The van der Waals surface area contributed by atoms with Crippen LogP contribution >= 0.6 is 0 Å². The van der Waals surface area contributed by atoms with E-state index in [1.807, 2.05) is 12.4 Å². The highest BCUT2D eigenvalue weighted by Gasteiger charge is 2.25. The first kappa shape index (κ1) is 18.5. The molecule has 4 rings (SSSR count). The van der Waals surface area contributed by atoms with E-state index in [0.29, 0.717) is 0 Å². The van der Waals surface area contributed by atoms with Gasteiger partial charge < -0.3 is 20.0 Å². The second-order valence-electron chi connectivity index (χ2n) is 8.04. The Bertz CT molecular complexity index is 601. The molecular formula is C20H32N6O. The average molecular weight is 373 g/mol. The molecule has 1 aromatic heterocycles. The van der Waals surface area contributed by atoms with E-state index in [1.54, 1.807) is 0 Å². The van der Waals surface area contributed by atoms with E-state index in [1.165, 1.54) is 38.8 Å². The standard InChI is InChI=1S/C20H32N6O/c27-19(21-7-14-24-8-1-2-9-24)17-5-12-25(13-6-17)18-15-22-20(23-16-18)26-10-3-4-11-26/h15-17H,1-14H2,(H,21,27). The maximum Gasteiger partial charge on any atom is 0.225 e. The first-order valence-corrected chi connectivity index (χ1v) is 10.6. The number of aromatic nitrogens is 2. The lowest BCUT2D eigenvalue weighted by Gasteiger charge is -2.32. The predicted octanol–water partition coefficient (Wildman–Crippen LogP) is 1.51. The summed E-state index contributed by atoms with van der Waals surface area (Å²) in [5.41, 5.74) is 1.07. The molecule has 3 aliphatic heterocycles. The number of amides is 1. The highest BCUT2D eigenvalue weighted by Crippen LogP contribution is 2.24. The van der Waals surface area contributed by atoms with Gasteiger partial charge in [0.1, 0.15) is 0 Å². The molecule has 7 nitrogen and oxygen atoms in total. The van der Waals surface area contributed by atoms with Crippen LogP contribution in [0.2, 0.25) is 0 Å². The van der Waals surface area contributed by atoms with E-state index in [4.69, 9.17) is 0 Å². The Balaban J connectivity index is 1.20. The van der Waals surface area contributed by atoms with Gasteiger partial charge in [0, 0.05) is 45.2 Å². The Labute approximate surface area is 162 Å². The van der Waals surface area contributed by atoms with Crippen molar-refractivity contribution in [3.63, 3.8) is 0 Å². The van der Waals surface area contributed by atoms with Gasteiger partial charge in [0.15, 0.2) is 0 Å². The van der Waals surface area contributed by atoms with Crippen LogP contribution in [-0.2, 0) is 4.79 Å². The molecule has 3 saturated heterocycles. The lowest BCUT2D eigenvalue weighted by Crippen LogP contribution is -2.42. The highest BCUT2D eigenvalue weighted by molar-refractivity contribution is 5.79. The largest absolute Gasteiger partial charge is 0.369 e. The predicted molar refractivity (Wildman–Crippen MR) is 107 cm³/mol. The summed E-state index contributed by atoms with van der Waals surface area (Å²) in [7, 11) is 0. The van der Waals surface area contributed by atoms with E-state index in [-0.39, 0.29) is 11.8 Å². The van der Waals surface area contributed by atoms with Crippen molar-refractivity contribution in [3.8, 4) is 0 Å². The van der Waals surface area contributed by atoms with Gasteiger partial charge in [-0.2, -0.15) is 0 Å². The lowest BCUT2D eigenvalue weighted by molar-refractivity contribution is -0.125. The summed E-state index contributed by atoms with van der Waals surface area (Å²) < 4.78 is 0. The molecule has 0 radical (unpaired) electrons. The zero-order valence-corrected chi connectivity index (χ0v) is 16.3. The summed E-state index contributed by atoms with van der Waals surface area (Å²) in [6.45, 7) is 8.08. The quantitative estimate of drug-likeness (QED) is 0.817. The van der Waals surface area contributed by atoms with Gasteiger partial charge in [-0.25, -0.2) is 9.97 Å². The molecule has 3 fully saturated rings. The van der Waals surface area contributed by atoms with Crippen LogP contribution in [0.4, 0.5) is 11.6 Å². The van der Waals surface area contributed by atoms with Crippen LogP contribution < -0.4 is 15.1 Å². The number of piperidine rings is 1. The van der Waals surface area contributed by atoms with Crippen molar-refractivity contribution in [2.75, 3.05) is 62.2 Å². The van der Waals surface area contributed by atoms with Crippen molar-refractivity contribution in [1.82, 2.24) is 20.2 Å². The number of likely N-dealkylation sites (tertiary alicyclic amines) is 1. The van der Waals surface area contributed by atoms with Crippen molar-refractivity contribution in [2.24, 2.45) is 5.92 Å². The van der Waals surface area contributed by atoms with Crippen LogP contribution in [0, 0.1) is 5.92 Å². The van der Waals surface area contributed by atoms with Crippen LogP contribution in [0.25, 0.3) is 0 Å². The molecule has 1 amide bonds. The van der Waals surface area contributed by atoms with Crippen LogP contribution in [0.1, 0.15) is 38.5 Å². The van der Waals surface area contributed by atoms with Crippen LogP contribution in [0.5, 0.6) is 0 Å². The normalized spacial score (nSPS) is 21.8. The number of hydrogen-bond donors (Lipinski definition) is 1.